The fourth-order valence-corrected chi connectivity index (χ4v) is 3.85. The molecule has 120 valence electrons. The Labute approximate surface area is 125 Å². The first-order valence-electron chi connectivity index (χ1n) is 7.36. The Bertz CT molecular complexity index is 550. The van der Waals surface area contributed by atoms with Crippen LogP contribution in [0.3, 0.4) is 0 Å². The predicted molar refractivity (Wildman–Crippen MR) is 79.4 cm³/mol. The molecule has 2 heterocycles. The zero-order valence-electron chi connectivity index (χ0n) is 12.6. The summed E-state index contributed by atoms with van der Waals surface area (Å²) in [5, 5.41) is 10.0. The van der Waals surface area contributed by atoms with E-state index >= 15 is 0 Å². The summed E-state index contributed by atoms with van der Waals surface area (Å²) in [6.07, 6.45) is 1.89. The van der Waals surface area contributed by atoms with Crippen molar-refractivity contribution in [3.8, 4) is 0 Å². The first kappa shape index (κ1) is 16.4. The van der Waals surface area contributed by atoms with E-state index in [9.17, 15) is 8.42 Å². The average molecular weight is 316 g/mol. The molecule has 8 heteroatoms. The number of aromatic nitrogens is 2. The van der Waals surface area contributed by atoms with Crippen molar-refractivity contribution < 1.29 is 13.2 Å². The van der Waals surface area contributed by atoms with E-state index in [0.717, 1.165) is 19.4 Å². The average Bonchev–Trinajstić information content (AvgIpc) is 3.07. The van der Waals surface area contributed by atoms with E-state index in [2.05, 4.69) is 27.2 Å². The van der Waals surface area contributed by atoms with Crippen molar-refractivity contribution in [2.24, 2.45) is 5.92 Å². The number of sulfonamides is 1. The van der Waals surface area contributed by atoms with Crippen molar-refractivity contribution in [3.05, 3.63) is 11.4 Å². The van der Waals surface area contributed by atoms with E-state index in [4.69, 9.17) is 4.74 Å². The summed E-state index contributed by atoms with van der Waals surface area (Å²) in [5.74, 6) is 0.258. The molecule has 1 saturated heterocycles. The summed E-state index contributed by atoms with van der Waals surface area (Å²) in [4.78, 5) is 0.269. The van der Waals surface area contributed by atoms with Gasteiger partial charge in [0.15, 0.2) is 0 Å². The predicted octanol–water partition coefficient (Wildman–Crippen LogP) is 0.533. The lowest BCUT2D eigenvalue weighted by Gasteiger charge is -2.11. The first-order chi connectivity index (χ1) is 10.0. The molecule has 1 aliphatic rings. The molecule has 0 aliphatic carbocycles. The second kappa shape index (κ2) is 7.35. The molecule has 1 aromatic heterocycles. The quantitative estimate of drug-likeness (QED) is 0.608. The SMILES string of the molecule is CCCNCc1n[nH]c(C)c1S(=O)(=O)NCC1CCOC1. The van der Waals surface area contributed by atoms with E-state index in [0.29, 0.717) is 37.7 Å². The summed E-state index contributed by atoms with van der Waals surface area (Å²) >= 11 is 0. The first-order valence-corrected chi connectivity index (χ1v) is 8.85. The van der Waals surface area contributed by atoms with Crippen LogP contribution in [0.2, 0.25) is 0 Å². The highest BCUT2D eigenvalue weighted by Crippen LogP contribution is 2.18. The Hall–Kier alpha value is -0.960. The minimum Gasteiger partial charge on any atom is -0.381 e. The molecule has 21 heavy (non-hydrogen) atoms. The summed E-state index contributed by atoms with van der Waals surface area (Å²) in [7, 11) is -3.54. The van der Waals surface area contributed by atoms with Crippen molar-refractivity contribution >= 4 is 10.0 Å². The molecule has 1 atom stereocenters. The maximum absolute atomic E-state index is 12.5. The van der Waals surface area contributed by atoms with Crippen LogP contribution in [0.25, 0.3) is 0 Å². The molecule has 2 rings (SSSR count). The van der Waals surface area contributed by atoms with Crippen LogP contribution in [0.5, 0.6) is 0 Å². The third-order valence-electron chi connectivity index (χ3n) is 3.54. The van der Waals surface area contributed by atoms with Gasteiger partial charge in [-0.1, -0.05) is 6.92 Å². The van der Waals surface area contributed by atoms with Gasteiger partial charge in [-0.25, -0.2) is 13.1 Å². The molecule has 1 fully saturated rings. The van der Waals surface area contributed by atoms with Gasteiger partial charge < -0.3 is 10.1 Å². The van der Waals surface area contributed by atoms with E-state index < -0.39 is 10.0 Å². The van der Waals surface area contributed by atoms with Crippen LogP contribution in [0.1, 0.15) is 31.2 Å². The standard InChI is InChI=1S/C13H24N4O3S/c1-3-5-14-8-12-13(10(2)16-17-12)21(18,19)15-7-11-4-6-20-9-11/h11,14-15H,3-9H2,1-2H3,(H,16,17). The molecule has 1 aliphatic heterocycles. The van der Waals surface area contributed by atoms with Crippen molar-refractivity contribution in [2.45, 2.75) is 38.1 Å². The highest BCUT2D eigenvalue weighted by atomic mass is 32.2. The normalized spacial score (nSPS) is 19.2. The molecule has 0 radical (unpaired) electrons. The maximum Gasteiger partial charge on any atom is 0.244 e. The molecule has 0 spiro atoms. The van der Waals surface area contributed by atoms with Crippen LogP contribution in [0.4, 0.5) is 0 Å². The summed E-state index contributed by atoms with van der Waals surface area (Å²) in [6.45, 7) is 6.81. The monoisotopic (exact) mass is 316 g/mol. The van der Waals surface area contributed by atoms with E-state index in [1.54, 1.807) is 6.92 Å². The highest BCUT2D eigenvalue weighted by molar-refractivity contribution is 7.89. The Morgan fingerprint density at radius 2 is 2.29 bits per heavy atom. The van der Waals surface area contributed by atoms with Crippen molar-refractivity contribution in [1.29, 1.82) is 0 Å². The van der Waals surface area contributed by atoms with Crippen LogP contribution in [0, 0.1) is 12.8 Å². The highest BCUT2D eigenvalue weighted by Gasteiger charge is 2.26. The third kappa shape index (κ3) is 4.26. The molecular formula is C13H24N4O3S. The number of nitrogens with zero attached hydrogens (tertiary/aromatic N) is 1. The van der Waals surface area contributed by atoms with Crippen LogP contribution < -0.4 is 10.0 Å². The van der Waals surface area contributed by atoms with E-state index in [1.807, 2.05) is 0 Å². The van der Waals surface area contributed by atoms with E-state index in [-0.39, 0.29) is 10.8 Å². The van der Waals surface area contributed by atoms with E-state index in [1.165, 1.54) is 0 Å². The topological polar surface area (TPSA) is 96.1 Å². The molecule has 1 unspecified atom stereocenters. The minimum absolute atomic E-state index is 0.258. The maximum atomic E-state index is 12.5. The number of hydrogen-bond acceptors (Lipinski definition) is 5. The van der Waals surface area contributed by atoms with Gasteiger partial charge in [0.1, 0.15) is 4.90 Å². The van der Waals surface area contributed by atoms with Gasteiger partial charge in [-0.2, -0.15) is 5.10 Å². The molecule has 0 aromatic carbocycles. The molecule has 3 N–H and O–H groups in total. The lowest BCUT2D eigenvalue weighted by molar-refractivity contribution is 0.186. The van der Waals surface area contributed by atoms with Gasteiger partial charge in [0.05, 0.1) is 18.0 Å². The Kier molecular flexibility index (Phi) is 5.74. The lowest BCUT2D eigenvalue weighted by atomic mass is 10.1. The summed E-state index contributed by atoms with van der Waals surface area (Å²) < 4.78 is 32.9. The van der Waals surface area contributed by atoms with Crippen LogP contribution >= 0.6 is 0 Å². The van der Waals surface area contributed by atoms with Gasteiger partial charge >= 0.3 is 0 Å². The van der Waals surface area contributed by atoms with Gasteiger partial charge in [-0.05, 0) is 32.2 Å². The van der Waals surface area contributed by atoms with Crippen LogP contribution in [0.15, 0.2) is 4.90 Å². The fraction of sp³-hybridized carbons (Fsp3) is 0.769. The molecule has 0 bridgehead atoms. The Morgan fingerprint density at radius 1 is 1.48 bits per heavy atom. The molecular weight excluding hydrogens is 292 g/mol. The second-order valence-electron chi connectivity index (χ2n) is 5.38. The number of hydrogen-bond donors (Lipinski definition) is 3. The van der Waals surface area contributed by atoms with Crippen LogP contribution in [-0.2, 0) is 21.3 Å². The van der Waals surface area contributed by atoms with Gasteiger partial charge in [0.25, 0.3) is 0 Å². The number of H-pyrrole nitrogens is 1. The number of nitrogens with one attached hydrogen (secondary N) is 3. The molecule has 1 aromatic rings. The number of aryl methyl sites for hydroxylation is 1. The van der Waals surface area contributed by atoms with Gasteiger partial charge in [0, 0.05) is 19.7 Å². The minimum atomic E-state index is -3.54. The zero-order chi connectivity index (χ0) is 15.3. The van der Waals surface area contributed by atoms with Gasteiger partial charge in [-0.15, -0.1) is 0 Å². The molecule has 0 amide bonds. The Morgan fingerprint density at radius 3 is 2.95 bits per heavy atom. The zero-order valence-corrected chi connectivity index (χ0v) is 13.4. The fourth-order valence-electron chi connectivity index (χ4n) is 2.37. The lowest BCUT2D eigenvalue weighted by Crippen LogP contribution is -2.31. The summed E-state index contributed by atoms with van der Waals surface area (Å²) in [5.41, 5.74) is 1.11. The number of rotatable bonds is 8. The van der Waals surface area contributed by atoms with Crippen LogP contribution in [-0.4, -0.2) is 44.9 Å². The van der Waals surface area contributed by atoms with Gasteiger partial charge in [-0.3, -0.25) is 5.10 Å². The van der Waals surface area contributed by atoms with Crippen molar-refractivity contribution in [2.75, 3.05) is 26.3 Å². The third-order valence-corrected chi connectivity index (χ3v) is 5.16. The van der Waals surface area contributed by atoms with Crippen molar-refractivity contribution in [3.63, 3.8) is 0 Å². The molecule has 0 saturated carbocycles. The smallest absolute Gasteiger partial charge is 0.244 e. The van der Waals surface area contributed by atoms with Gasteiger partial charge in [0.2, 0.25) is 10.0 Å². The van der Waals surface area contributed by atoms with Crippen molar-refractivity contribution in [1.82, 2.24) is 20.2 Å². The Balaban J connectivity index is 2.05. The number of aromatic amines is 1. The second-order valence-corrected chi connectivity index (χ2v) is 7.09. The largest absolute Gasteiger partial charge is 0.381 e. The summed E-state index contributed by atoms with van der Waals surface area (Å²) in [6, 6.07) is 0. The number of ether oxygens (including phenoxy) is 1. The molecule has 7 nitrogen and oxygen atoms in total.